The van der Waals surface area contributed by atoms with Crippen LogP contribution in [0, 0.1) is 24.7 Å². The largest absolute Gasteiger partial charge is 0.390 e. The first kappa shape index (κ1) is 36.0. The summed E-state index contributed by atoms with van der Waals surface area (Å²) in [6.45, 7) is 0.275. The average molecular weight is 632 g/mol. The van der Waals surface area contributed by atoms with E-state index in [1.807, 2.05) is 24.3 Å². The summed E-state index contributed by atoms with van der Waals surface area (Å²) in [6.07, 6.45) is -0.679. The molecule has 2 aliphatic rings. The lowest BCUT2D eigenvalue weighted by molar-refractivity contribution is -0.311. The van der Waals surface area contributed by atoms with Gasteiger partial charge in [0.2, 0.25) is 0 Å². The van der Waals surface area contributed by atoms with Crippen molar-refractivity contribution in [2.24, 2.45) is 5.90 Å². The third kappa shape index (κ3) is 9.77. The van der Waals surface area contributed by atoms with E-state index in [2.05, 4.69) is 16.7 Å². The molecule has 2 aromatic carbocycles. The number of ether oxygens (including phenoxy) is 4. The Morgan fingerprint density at radius 2 is 1.44 bits per heavy atom. The smallest absolute Gasteiger partial charge is 0.385 e. The van der Waals surface area contributed by atoms with Crippen LogP contribution in [0.1, 0.15) is 28.7 Å². The molecule has 9 N–H and O–H groups in total. The number of hydrogen-bond acceptors (Lipinski definition) is 14. The van der Waals surface area contributed by atoms with E-state index in [1.54, 1.807) is 24.3 Å². The summed E-state index contributed by atoms with van der Waals surface area (Å²) >= 11 is 0. The van der Waals surface area contributed by atoms with Crippen LogP contribution >= 0.6 is 0 Å². The van der Waals surface area contributed by atoms with Crippen LogP contribution in [0.4, 0.5) is 0 Å². The van der Waals surface area contributed by atoms with E-state index in [9.17, 15) is 40.5 Å². The lowest BCUT2D eigenvalue weighted by Gasteiger charge is -2.41. The molecule has 244 valence electrons. The van der Waals surface area contributed by atoms with Gasteiger partial charge >= 0.3 is 5.97 Å². The van der Waals surface area contributed by atoms with E-state index in [1.165, 1.54) is 0 Å². The second-order valence-electron chi connectivity index (χ2n) is 10.4. The van der Waals surface area contributed by atoms with Crippen molar-refractivity contribution in [2.75, 3.05) is 13.2 Å². The molecule has 0 aromatic heterocycles. The van der Waals surface area contributed by atoms with Crippen LogP contribution in [-0.4, -0.2) is 110 Å². The van der Waals surface area contributed by atoms with E-state index >= 15 is 0 Å². The number of carbonyl (C=O) groups is 1. The zero-order chi connectivity index (χ0) is 33.1. The fourth-order valence-electron chi connectivity index (χ4n) is 4.44. The molecule has 45 heavy (non-hydrogen) atoms. The SMILES string of the molecule is C#Cc1ccc(COC[C@@H](O)C2O[C@@](O)(C(=O)ON)C[C@@H](O)[C@H]2O)cc1.C#Cc1ccc(COC[C@H]2OC(O)C(O)[C@H]2O)cc1. The Bertz CT molecular complexity index is 1310. The lowest BCUT2D eigenvalue weighted by atomic mass is 9.93. The Hall–Kier alpha value is -3.45. The van der Waals surface area contributed by atoms with Crippen molar-refractivity contribution in [3.63, 3.8) is 0 Å². The van der Waals surface area contributed by atoms with E-state index in [4.69, 9.17) is 37.7 Å². The molecule has 9 atom stereocenters. The molecule has 2 saturated heterocycles. The topological polar surface area (TPSA) is 231 Å². The zero-order valence-electron chi connectivity index (χ0n) is 24.1. The molecule has 2 aliphatic heterocycles. The zero-order valence-corrected chi connectivity index (χ0v) is 24.1. The fourth-order valence-corrected chi connectivity index (χ4v) is 4.44. The highest BCUT2D eigenvalue weighted by Gasteiger charge is 2.53. The minimum absolute atomic E-state index is 0.0895. The normalized spacial score (nSPS) is 29.9. The monoisotopic (exact) mass is 631 g/mol. The number of benzene rings is 2. The third-order valence-electron chi connectivity index (χ3n) is 7.04. The highest BCUT2D eigenvalue weighted by atomic mass is 16.7. The number of hydrogen-bond donors (Lipinski definition) is 8. The molecule has 2 heterocycles. The summed E-state index contributed by atoms with van der Waals surface area (Å²) in [5, 5.41) is 68.1. The van der Waals surface area contributed by atoms with Crippen LogP contribution in [-0.2, 0) is 41.8 Å². The van der Waals surface area contributed by atoms with Gasteiger partial charge in [0, 0.05) is 17.5 Å². The van der Waals surface area contributed by atoms with Crippen LogP contribution in [0.5, 0.6) is 0 Å². The molecule has 14 nitrogen and oxygen atoms in total. The van der Waals surface area contributed by atoms with Gasteiger partial charge in [-0.3, -0.25) is 0 Å². The molecule has 0 amide bonds. The van der Waals surface area contributed by atoms with Crippen molar-refractivity contribution in [3.05, 3.63) is 70.8 Å². The Balaban J connectivity index is 0.000000257. The molecule has 14 heteroatoms. The van der Waals surface area contributed by atoms with Crippen LogP contribution in [0.15, 0.2) is 48.5 Å². The highest BCUT2D eigenvalue weighted by molar-refractivity contribution is 5.77. The van der Waals surface area contributed by atoms with Gasteiger partial charge in [0.05, 0.1) is 32.5 Å². The molecular formula is C31H37NO13. The molecule has 0 spiro atoms. The summed E-state index contributed by atoms with van der Waals surface area (Å²) in [6, 6.07) is 14.3. The summed E-state index contributed by atoms with van der Waals surface area (Å²) < 4.78 is 20.7. The second kappa shape index (κ2) is 16.7. The van der Waals surface area contributed by atoms with Crippen molar-refractivity contribution >= 4 is 5.97 Å². The van der Waals surface area contributed by atoms with Gasteiger partial charge in [0.15, 0.2) is 6.29 Å². The molecule has 0 aliphatic carbocycles. The summed E-state index contributed by atoms with van der Waals surface area (Å²) in [5.41, 5.74) is 3.24. The second-order valence-corrected chi connectivity index (χ2v) is 10.4. The number of carbonyl (C=O) groups excluding carboxylic acids is 1. The summed E-state index contributed by atoms with van der Waals surface area (Å²) in [5.74, 6) is 5.79. The molecular weight excluding hydrogens is 594 g/mol. The van der Waals surface area contributed by atoms with E-state index < -0.39 is 67.2 Å². The van der Waals surface area contributed by atoms with Crippen molar-refractivity contribution in [2.45, 2.75) is 74.4 Å². The maximum absolute atomic E-state index is 11.5. The predicted octanol–water partition coefficient (Wildman–Crippen LogP) is -2.21. The van der Waals surface area contributed by atoms with Crippen LogP contribution < -0.4 is 5.90 Å². The first-order valence-corrected chi connectivity index (χ1v) is 13.7. The minimum atomic E-state index is -2.58. The quantitative estimate of drug-likeness (QED) is 0.103. The van der Waals surface area contributed by atoms with Gasteiger partial charge in [0.25, 0.3) is 5.79 Å². The standard InChI is InChI=1S/C17H21NO8.C14H16O5/c1-2-10-3-5-11(6-4-10)8-24-9-13(20)15-14(21)12(19)7-17(23,25-15)16(22)26-18;1-2-9-3-5-10(6-4-9)7-18-8-11-12(15)13(16)14(17)19-11/h1,3-6,12-15,19-21,23H,7-9,18H2;1,3-6,11-17H,7-8H2/t12-,13-,14-,15?,17-;11-,12+,13?,14?/m11/s1. The Kier molecular flexibility index (Phi) is 13.4. The van der Waals surface area contributed by atoms with Gasteiger partial charge in [-0.25, -0.2) is 4.79 Å². The van der Waals surface area contributed by atoms with Crippen molar-refractivity contribution in [3.8, 4) is 24.7 Å². The maximum atomic E-state index is 11.5. The number of aliphatic hydroxyl groups excluding tert-OH is 6. The number of nitrogens with two attached hydrogens (primary N) is 1. The van der Waals surface area contributed by atoms with Gasteiger partial charge in [-0.1, -0.05) is 36.1 Å². The molecule has 4 rings (SSSR count). The highest BCUT2D eigenvalue weighted by Crippen LogP contribution is 2.30. The lowest BCUT2D eigenvalue weighted by Crippen LogP contribution is -2.62. The number of rotatable bonds is 10. The van der Waals surface area contributed by atoms with Crippen molar-refractivity contribution in [1.29, 1.82) is 0 Å². The molecule has 0 bridgehead atoms. The first-order chi connectivity index (χ1) is 21.4. The van der Waals surface area contributed by atoms with E-state index in [0.717, 1.165) is 16.7 Å². The van der Waals surface area contributed by atoms with Crippen LogP contribution in [0.3, 0.4) is 0 Å². The average Bonchev–Trinajstić information content (AvgIpc) is 3.29. The number of aliphatic hydroxyl groups is 7. The molecule has 0 saturated carbocycles. The van der Waals surface area contributed by atoms with Gasteiger partial charge in [-0.15, -0.1) is 12.8 Å². The van der Waals surface area contributed by atoms with Gasteiger partial charge in [0.1, 0.15) is 36.6 Å². The van der Waals surface area contributed by atoms with Crippen LogP contribution in [0.2, 0.25) is 0 Å². The first-order valence-electron chi connectivity index (χ1n) is 13.7. The predicted molar refractivity (Wildman–Crippen MR) is 154 cm³/mol. The van der Waals surface area contributed by atoms with E-state index in [-0.39, 0.29) is 19.8 Å². The van der Waals surface area contributed by atoms with Gasteiger partial charge in [-0.2, -0.15) is 5.90 Å². The maximum Gasteiger partial charge on any atom is 0.385 e. The Labute approximate surface area is 259 Å². The van der Waals surface area contributed by atoms with Crippen LogP contribution in [0.25, 0.3) is 0 Å². The molecule has 2 aromatic rings. The summed E-state index contributed by atoms with van der Waals surface area (Å²) in [7, 11) is 0. The molecule has 0 radical (unpaired) electrons. The Morgan fingerprint density at radius 1 is 0.911 bits per heavy atom. The number of terminal acetylenes is 2. The fraction of sp³-hybridized carbons (Fsp3) is 0.452. The summed E-state index contributed by atoms with van der Waals surface area (Å²) in [4.78, 5) is 15.4. The van der Waals surface area contributed by atoms with Crippen molar-refractivity contribution in [1.82, 2.24) is 0 Å². The molecule has 2 fully saturated rings. The molecule has 3 unspecified atom stereocenters. The van der Waals surface area contributed by atoms with Crippen molar-refractivity contribution < 1.29 is 64.3 Å². The van der Waals surface area contributed by atoms with Gasteiger partial charge < -0.3 is 59.5 Å². The minimum Gasteiger partial charge on any atom is -0.390 e. The third-order valence-corrected chi connectivity index (χ3v) is 7.04. The van der Waals surface area contributed by atoms with Gasteiger partial charge in [-0.05, 0) is 35.4 Å². The van der Waals surface area contributed by atoms with E-state index in [0.29, 0.717) is 12.2 Å². The Morgan fingerprint density at radius 3 is 1.91 bits per heavy atom.